The van der Waals surface area contributed by atoms with E-state index in [2.05, 4.69) is 34.5 Å². The third kappa shape index (κ3) is 5.56. The Morgan fingerprint density at radius 1 is 1.23 bits per heavy atom. The van der Waals surface area contributed by atoms with Crippen LogP contribution in [0.5, 0.6) is 5.75 Å². The Bertz CT molecular complexity index is 665. The van der Waals surface area contributed by atoms with Crippen molar-refractivity contribution in [1.82, 2.24) is 15.5 Å². The highest BCUT2D eigenvalue weighted by Crippen LogP contribution is 2.27. The molecule has 26 heavy (non-hydrogen) atoms. The van der Waals surface area contributed by atoms with Crippen molar-refractivity contribution in [2.75, 3.05) is 0 Å². The van der Waals surface area contributed by atoms with Crippen LogP contribution >= 0.6 is 0 Å². The van der Waals surface area contributed by atoms with Gasteiger partial charge in [0.2, 0.25) is 0 Å². The summed E-state index contributed by atoms with van der Waals surface area (Å²) in [5.41, 5.74) is 1.17. The van der Waals surface area contributed by atoms with Crippen LogP contribution in [0.3, 0.4) is 0 Å². The Morgan fingerprint density at radius 2 is 2.04 bits per heavy atom. The lowest BCUT2D eigenvalue weighted by Crippen LogP contribution is -2.28. The van der Waals surface area contributed by atoms with Crippen LogP contribution < -0.4 is 10.1 Å². The molecular weight excluding hydrogens is 326 g/mol. The van der Waals surface area contributed by atoms with E-state index < -0.39 is 0 Å². The molecule has 1 fully saturated rings. The third-order valence-electron chi connectivity index (χ3n) is 5.20. The van der Waals surface area contributed by atoms with Gasteiger partial charge in [-0.15, -0.1) is 0 Å². The number of nitrogens with one attached hydrogen (secondary N) is 1. The summed E-state index contributed by atoms with van der Waals surface area (Å²) in [6.07, 6.45) is 9.06. The van der Waals surface area contributed by atoms with Crippen molar-refractivity contribution in [2.24, 2.45) is 5.92 Å². The first-order valence-electron chi connectivity index (χ1n) is 10.00. The summed E-state index contributed by atoms with van der Waals surface area (Å²) in [5.74, 6) is 3.01. The van der Waals surface area contributed by atoms with Crippen LogP contribution in [0.1, 0.15) is 69.7 Å². The number of aromatic nitrogens is 2. The minimum absolute atomic E-state index is 0.307. The first-order chi connectivity index (χ1) is 12.7. The Kier molecular flexibility index (Phi) is 7.06. The van der Waals surface area contributed by atoms with Crippen LogP contribution in [0, 0.1) is 5.92 Å². The van der Waals surface area contributed by atoms with Gasteiger partial charge >= 0.3 is 0 Å². The van der Waals surface area contributed by atoms with E-state index in [0.29, 0.717) is 18.5 Å². The summed E-state index contributed by atoms with van der Waals surface area (Å²) in [4.78, 5) is 4.29. The van der Waals surface area contributed by atoms with E-state index in [1.54, 1.807) is 0 Å². The lowest BCUT2D eigenvalue weighted by atomic mass is 9.85. The molecule has 0 aliphatic heterocycles. The number of ether oxygens (including phenoxy) is 1. The van der Waals surface area contributed by atoms with Gasteiger partial charge in [0.15, 0.2) is 12.4 Å². The summed E-state index contributed by atoms with van der Waals surface area (Å²) < 4.78 is 11.1. The third-order valence-corrected chi connectivity index (χ3v) is 5.20. The summed E-state index contributed by atoms with van der Waals surface area (Å²) >= 11 is 0. The van der Waals surface area contributed by atoms with Crippen molar-refractivity contribution in [1.29, 1.82) is 0 Å². The van der Waals surface area contributed by atoms with Crippen LogP contribution in [0.4, 0.5) is 0 Å². The molecule has 0 radical (unpaired) electrons. The Labute approximate surface area is 156 Å². The minimum Gasteiger partial charge on any atom is -0.483 e. The molecular formula is C21H31N3O2. The molecule has 3 rings (SSSR count). The molecule has 0 bridgehead atoms. The molecule has 1 aliphatic carbocycles. The molecule has 0 spiro atoms. The van der Waals surface area contributed by atoms with Crippen molar-refractivity contribution in [3.05, 3.63) is 41.5 Å². The molecule has 1 unspecified atom stereocenters. The fourth-order valence-electron chi connectivity index (χ4n) is 3.71. The van der Waals surface area contributed by atoms with Gasteiger partial charge in [-0.05, 0) is 25.3 Å². The van der Waals surface area contributed by atoms with Gasteiger partial charge in [-0.25, -0.2) is 0 Å². The van der Waals surface area contributed by atoms with E-state index in [9.17, 15) is 0 Å². The number of hydrogen-bond donors (Lipinski definition) is 1. The number of nitrogens with zero attached hydrogens (tertiary/aromatic N) is 2. The molecule has 1 aliphatic rings. The molecule has 1 saturated carbocycles. The van der Waals surface area contributed by atoms with Crippen LogP contribution in [-0.2, 0) is 19.6 Å². The highest BCUT2D eigenvalue weighted by molar-refractivity contribution is 5.33. The average Bonchev–Trinajstić information content (AvgIpc) is 3.14. The van der Waals surface area contributed by atoms with Gasteiger partial charge < -0.3 is 14.6 Å². The highest BCUT2D eigenvalue weighted by Gasteiger charge is 2.16. The summed E-state index contributed by atoms with van der Waals surface area (Å²) in [7, 11) is 0. The Hall–Kier alpha value is -1.88. The fourth-order valence-corrected chi connectivity index (χ4v) is 3.71. The molecule has 142 valence electrons. The molecule has 1 heterocycles. The number of rotatable bonds is 9. The normalized spacial score (nSPS) is 16.5. The van der Waals surface area contributed by atoms with E-state index in [1.165, 1.54) is 44.1 Å². The van der Waals surface area contributed by atoms with E-state index >= 15 is 0 Å². The molecule has 1 aromatic heterocycles. The molecule has 1 N–H and O–H groups in total. The van der Waals surface area contributed by atoms with Crippen LogP contribution in [0.25, 0.3) is 0 Å². The molecule has 5 heteroatoms. The number of aryl methyl sites for hydroxylation is 1. The van der Waals surface area contributed by atoms with E-state index in [0.717, 1.165) is 30.5 Å². The summed E-state index contributed by atoms with van der Waals surface area (Å²) in [5, 5.41) is 7.57. The second-order valence-electron chi connectivity index (χ2n) is 7.38. The molecule has 1 aromatic carbocycles. The zero-order valence-corrected chi connectivity index (χ0v) is 16.0. The lowest BCUT2D eigenvalue weighted by Gasteiger charge is -2.25. The van der Waals surface area contributed by atoms with Crippen LogP contribution in [0.15, 0.2) is 28.8 Å². The van der Waals surface area contributed by atoms with Crippen LogP contribution in [-0.4, -0.2) is 16.2 Å². The number of hydrogen-bond acceptors (Lipinski definition) is 5. The number of para-hydroxylation sites is 1. The van der Waals surface area contributed by atoms with E-state index in [1.807, 2.05) is 19.1 Å². The fraction of sp³-hybridized carbons (Fsp3) is 0.619. The second kappa shape index (κ2) is 9.72. The number of benzene rings is 1. The first-order valence-corrected chi connectivity index (χ1v) is 10.00. The summed E-state index contributed by atoms with van der Waals surface area (Å²) in [6, 6.07) is 8.68. The van der Waals surface area contributed by atoms with Crippen molar-refractivity contribution in [2.45, 2.75) is 78.0 Å². The quantitative estimate of drug-likeness (QED) is 0.707. The van der Waals surface area contributed by atoms with Gasteiger partial charge in [-0.2, -0.15) is 4.98 Å². The second-order valence-corrected chi connectivity index (χ2v) is 7.38. The predicted octanol–water partition coefficient (Wildman–Crippen LogP) is 4.66. The van der Waals surface area contributed by atoms with Crippen LogP contribution in [0.2, 0.25) is 0 Å². The molecule has 5 nitrogen and oxygen atoms in total. The van der Waals surface area contributed by atoms with Crippen molar-refractivity contribution >= 4 is 0 Å². The van der Waals surface area contributed by atoms with Gasteiger partial charge in [-0.1, -0.05) is 62.4 Å². The van der Waals surface area contributed by atoms with Gasteiger partial charge in [0.1, 0.15) is 5.75 Å². The largest absolute Gasteiger partial charge is 0.483 e. The van der Waals surface area contributed by atoms with Gasteiger partial charge in [-0.3, -0.25) is 0 Å². The molecule has 0 saturated heterocycles. The van der Waals surface area contributed by atoms with Gasteiger partial charge in [0.05, 0.1) is 0 Å². The standard InChI is InChI=1S/C21H31N3O2/c1-3-20-23-21(26-24-20)15-25-19-12-8-7-11-18(19)14-22-16(2)13-17-9-5-4-6-10-17/h7-8,11-12,16-17,22H,3-6,9-10,13-15H2,1-2H3. The average molecular weight is 357 g/mol. The van der Waals surface area contributed by atoms with Crippen molar-refractivity contribution in [3.8, 4) is 5.75 Å². The predicted molar refractivity (Wildman–Crippen MR) is 102 cm³/mol. The zero-order chi connectivity index (χ0) is 18.2. The summed E-state index contributed by atoms with van der Waals surface area (Å²) in [6.45, 7) is 5.42. The molecule has 2 aromatic rings. The Morgan fingerprint density at radius 3 is 2.81 bits per heavy atom. The maximum atomic E-state index is 5.93. The lowest BCUT2D eigenvalue weighted by molar-refractivity contribution is 0.239. The van der Waals surface area contributed by atoms with E-state index in [-0.39, 0.29) is 0 Å². The minimum atomic E-state index is 0.307. The maximum Gasteiger partial charge on any atom is 0.264 e. The topological polar surface area (TPSA) is 60.2 Å². The smallest absolute Gasteiger partial charge is 0.264 e. The van der Waals surface area contributed by atoms with E-state index in [4.69, 9.17) is 9.26 Å². The monoisotopic (exact) mass is 357 g/mol. The maximum absolute atomic E-state index is 5.93. The first kappa shape index (κ1) is 18.9. The molecule has 0 amide bonds. The zero-order valence-electron chi connectivity index (χ0n) is 16.0. The Balaban J connectivity index is 1.49. The van der Waals surface area contributed by atoms with Crippen molar-refractivity contribution < 1.29 is 9.26 Å². The van der Waals surface area contributed by atoms with Gasteiger partial charge in [0.25, 0.3) is 5.89 Å². The SMILES string of the molecule is CCc1noc(COc2ccccc2CNC(C)CC2CCCCC2)n1. The molecule has 1 atom stereocenters. The highest BCUT2D eigenvalue weighted by atomic mass is 16.5. The van der Waals surface area contributed by atoms with Gasteiger partial charge in [0, 0.05) is 24.6 Å². The van der Waals surface area contributed by atoms with Crippen molar-refractivity contribution in [3.63, 3.8) is 0 Å².